The van der Waals surface area contributed by atoms with E-state index < -0.39 is 89.8 Å². The van der Waals surface area contributed by atoms with Crippen LogP contribution in [-0.4, -0.2) is 77.6 Å². The molecule has 0 heterocycles. The number of rotatable bonds is 10. The molecular formula is C32H30N10O14S4. The van der Waals surface area contributed by atoms with Gasteiger partial charge in [-0.25, -0.2) is 0 Å². The van der Waals surface area contributed by atoms with Crippen LogP contribution in [0.2, 0.25) is 0 Å². The lowest BCUT2D eigenvalue weighted by Gasteiger charge is -2.22. The van der Waals surface area contributed by atoms with Crippen molar-refractivity contribution in [2.75, 3.05) is 25.6 Å². The largest absolute Gasteiger partial charge is 0.505 e. The molecule has 28 heteroatoms. The number of phenolic OH excluding ortho intramolecular Hbond substituents is 2. The van der Waals surface area contributed by atoms with Crippen LogP contribution in [0.15, 0.2) is 121 Å². The van der Waals surface area contributed by atoms with Crippen molar-refractivity contribution in [3.63, 3.8) is 0 Å². The highest BCUT2D eigenvalue weighted by atomic mass is 32.3. The molecule has 6 aromatic rings. The number of nitrogens with two attached hydrogens (primary N) is 2. The second kappa shape index (κ2) is 15.5. The maximum atomic E-state index is 12.7. The number of anilines is 2. The van der Waals surface area contributed by atoms with Gasteiger partial charge in [-0.1, -0.05) is 12.1 Å². The molecule has 0 unspecified atom stereocenters. The molecule has 0 aliphatic heterocycles. The number of phenols is 2. The van der Waals surface area contributed by atoms with E-state index in [0.717, 1.165) is 36.4 Å². The Morgan fingerprint density at radius 1 is 0.467 bits per heavy atom. The quantitative estimate of drug-likeness (QED) is 0.0345. The second-order valence-corrected chi connectivity index (χ2v) is 18.0. The molecule has 6 aromatic carbocycles. The average Bonchev–Trinajstić information content (AvgIpc) is 3.13. The van der Waals surface area contributed by atoms with Crippen molar-refractivity contribution in [1.82, 2.24) is 0 Å². The van der Waals surface area contributed by atoms with E-state index in [0.29, 0.717) is 0 Å². The summed E-state index contributed by atoms with van der Waals surface area (Å²) in [6.07, 6.45) is 0. The van der Waals surface area contributed by atoms with E-state index in [4.69, 9.17) is 11.5 Å². The zero-order valence-corrected chi connectivity index (χ0v) is 33.5. The average molecular weight is 907 g/mol. The first kappa shape index (κ1) is 43.6. The molecule has 0 aromatic heterocycles. The molecule has 24 nitrogen and oxygen atoms in total. The van der Waals surface area contributed by atoms with Crippen LogP contribution in [0.25, 0.3) is 32.3 Å². The Balaban J connectivity index is 1.49. The molecule has 0 fully saturated rings. The van der Waals surface area contributed by atoms with Crippen LogP contribution in [0.5, 0.6) is 11.5 Å². The molecule has 0 aliphatic carbocycles. The van der Waals surface area contributed by atoms with Gasteiger partial charge in [0.1, 0.15) is 54.3 Å². The molecular weight excluding hydrogens is 877 g/mol. The Bertz CT molecular complexity index is 3150. The van der Waals surface area contributed by atoms with Crippen molar-refractivity contribution < 1.29 is 63.5 Å². The molecule has 0 atom stereocenters. The predicted octanol–water partition coefficient (Wildman–Crippen LogP) is 9.64. The lowest BCUT2D eigenvalue weighted by molar-refractivity contribution is 0.374. The fourth-order valence-corrected chi connectivity index (χ4v) is 8.83. The van der Waals surface area contributed by atoms with Gasteiger partial charge in [0.05, 0.1) is 43.3 Å². The molecule has 6 rings (SSSR count). The van der Waals surface area contributed by atoms with Crippen molar-refractivity contribution in [2.24, 2.45) is 40.9 Å². The second-order valence-electron chi connectivity index (χ2n) is 12.3. The van der Waals surface area contributed by atoms with E-state index in [1.54, 1.807) is 0 Å². The smallest absolute Gasteiger partial charge is 0.296 e. The molecule has 0 radical (unpaired) electrons. The molecule has 0 saturated carbocycles. The van der Waals surface area contributed by atoms with Gasteiger partial charge >= 0.3 is 0 Å². The number of azo groups is 4. The Labute approximate surface area is 340 Å². The number of hydrogen-bond acceptors (Lipinski definition) is 22. The third-order valence-electron chi connectivity index (χ3n) is 8.53. The van der Waals surface area contributed by atoms with Gasteiger partial charge in [0.25, 0.3) is 20.2 Å². The lowest BCUT2D eigenvalue weighted by Crippen LogP contribution is -2.02. The summed E-state index contributed by atoms with van der Waals surface area (Å²) in [5.74, 6) is -1.51. The van der Waals surface area contributed by atoms with E-state index in [2.05, 4.69) is 40.9 Å². The molecule has 60 heavy (non-hydrogen) atoms. The van der Waals surface area contributed by atoms with E-state index in [9.17, 15) is 63.5 Å². The van der Waals surface area contributed by atoms with Gasteiger partial charge < -0.3 is 49.0 Å². The van der Waals surface area contributed by atoms with Crippen LogP contribution in [0, 0.1) is 0 Å². The maximum absolute atomic E-state index is 12.7. The number of nitrogen functional groups attached to an aromatic ring is 2. The fourth-order valence-electron chi connectivity index (χ4n) is 6.03. The van der Waals surface area contributed by atoms with Crippen LogP contribution in [0.1, 0.15) is 0 Å². The van der Waals surface area contributed by atoms with E-state index in [-0.39, 0.29) is 61.1 Å². The standard InChI is InChI=1S/C32H30N10O14S4/c1-35-41-29-23(59(51,52)53)7-13-3-5-19(27(33)25(13)31(29)43)39-37-15-9-17-18(21(11-15)57(45,46)47)10-16(12-22(17)58(48,49)50)38-40-20-6-4-14-8-24(60(54,55)56)30(42-36-2)32(44)26(14)28(20)34/h3-12,43-47,51-53H,33-34H2,1-2H3,(H,48,49,50)(H,54,55,56). The van der Waals surface area contributed by atoms with Gasteiger partial charge in [-0.3, -0.25) is 9.11 Å². The van der Waals surface area contributed by atoms with E-state index >= 15 is 0 Å². The Hall–Kier alpha value is -6.02. The molecule has 0 amide bonds. The zero-order valence-electron chi connectivity index (χ0n) is 30.2. The van der Waals surface area contributed by atoms with Gasteiger partial charge in [-0.05, 0) is 59.3 Å². The fraction of sp³-hybridized carbons (Fsp3) is 0.0625. The van der Waals surface area contributed by atoms with Crippen LogP contribution < -0.4 is 11.5 Å². The lowest BCUT2D eigenvalue weighted by atomic mass is 10.1. The molecule has 0 bridgehead atoms. The van der Waals surface area contributed by atoms with Crippen molar-refractivity contribution in [3.05, 3.63) is 60.7 Å². The highest BCUT2D eigenvalue weighted by molar-refractivity contribution is 8.19. The molecule has 0 spiro atoms. The van der Waals surface area contributed by atoms with Crippen LogP contribution >= 0.6 is 21.7 Å². The number of hydrogen-bond donors (Lipinski definition) is 12. The Morgan fingerprint density at radius 2 is 0.850 bits per heavy atom. The molecule has 316 valence electrons. The van der Waals surface area contributed by atoms with Crippen LogP contribution in [0.4, 0.5) is 45.5 Å². The van der Waals surface area contributed by atoms with Gasteiger partial charge in [-0.2, -0.15) is 47.5 Å². The highest BCUT2D eigenvalue weighted by Crippen LogP contribution is 2.56. The summed E-state index contributed by atoms with van der Waals surface area (Å²) in [6.45, 7) is 0. The van der Waals surface area contributed by atoms with Crippen molar-refractivity contribution in [3.8, 4) is 11.5 Å². The summed E-state index contributed by atoms with van der Waals surface area (Å²) in [6, 6.07) is 11.0. The monoisotopic (exact) mass is 906 g/mol. The Morgan fingerprint density at radius 3 is 1.25 bits per heavy atom. The zero-order chi connectivity index (χ0) is 44.3. The Kier molecular flexibility index (Phi) is 11.3. The first-order valence-corrected chi connectivity index (χ1v) is 21.9. The minimum atomic E-state index is -5.18. The summed E-state index contributed by atoms with van der Waals surface area (Å²) >= 11 is 0. The third-order valence-corrected chi connectivity index (χ3v) is 12.1. The topological polar surface area (TPSA) is 422 Å². The highest BCUT2D eigenvalue weighted by Gasteiger charge is 2.28. The van der Waals surface area contributed by atoms with Gasteiger partial charge in [0.15, 0.2) is 11.5 Å². The van der Waals surface area contributed by atoms with E-state index in [1.807, 2.05) is 0 Å². The maximum Gasteiger partial charge on any atom is 0.296 e. The molecule has 0 aliphatic rings. The summed E-state index contributed by atoms with van der Waals surface area (Å²) in [4.78, 5) is -2.92. The minimum absolute atomic E-state index is 0.0188. The summed E-state index contributed by atoms with van der Waals surface area (Å²) in [5.41, 5.74) is 9.82. The van der Waals surface area contributed by atoms with Crippen molar-refractivity contribution >= 4 is 120 Å². The van der Waals surface area contributed by atoms with Crippen LogP contribution in [-0.2, 0) is 20.2 Å². The minimum Gasteiger partial charge on any atom is -0.505 e. The van der Waals surface area contributed by atoms with E-state index in [1.165, 1.54) is 38.4 Å². The summed E-state index contributed by atoms with van der Waals surface area (Å²) < 4.78 is 130. The SMILES string of the molecule is CN=Nc1c(S(O)(O)O)cc2ccc(N=Nc3cc(S(O)(O)O)c4cc(N=Nc5ccc6cc(S(=O)(=O)O)c(N=NC)c(O)c6c5N)cc(S(=O)(=O)O)c4c3)c(N)c2c1O. The first-order valence-electron chi connectivity index (χ1n) is 16.0. The summed E-state index contributed by atoms with van der Waals surface area (Å²) in [5, 5.41) is 51.0. The third kappa shape index (κ3) is 8.25. The van der Waals surface area contributed by atoms with Crippen molar-refractivity contribution in [2.45, 2.75) is 19.6 Å². The number of fused-ring (bicyclic) bond motifs is 3. The predicted molar refractivity (Wildman–Crippen MR) is 220 cm³/mol. The first-order chi connectivity index (χ1) is 27.9. The van der Waals surface area contributed by atoms with Gasteiger partial charge in [0, 0.05) is 24.9 Å². The number of nitrogens with zero attached hydrogens (tertiary/aromatic N) is 8. The van der Waals surface area contributed by atoms with Gasteiger partial charge in [-0.15, -0.1) is 10.2 Å². The molecule has 0 saturated heterocycles. The summed E-state index contributed by atoms with van der Waals surface area (Å²) in [7, 11) is -16.8. The van der Waals surface area contributed by atoms with Crippen molar-refractivity contribution in [1.29, 1.82) is 0 Å². The van der Waals surface area contributed by atoms with Gasteiger partial charge in [0.2, 0.25) is 0 Å². The number of aromatic hydroxyl groups is 2. The van der Waals surface area contributed by atoms with Crippen LogP contribution in [0.3, 0.4) is 0 Å². The normalized spacial score (nSPS) is 14.0. The number of benzene rings is 6. The molecule has 14 N–H and O–H groups in total.